The zero-order valence-corrected chi connectivity index (χ0v) is 29.7. The van der Waals surface area contributed by atoms with Gasteiger partial charge in [-0.05, 0) is 66.1 Å². The predicted molar refractivity (Wildman–Crippen MR) is 179 cm³/mol. The molecule has 0 aromatic carbocycles. The second kappa shape index (κ2) is 20.5. The Morgan fingerprint density at radius 2 is 1.48 bits per heavy atom. The molecular formula is C33H56N4O8S. The number of nitrogens with zero attached hydrogens (tertiary/aromatic N) is 1. The van der Waals surface area contributed by atoms with Crippen LogP contribution in [0.15, 0.2) is 12.2 Å². The summed E-state index contributed by atoms with van der Waals surface area (Å²) < 4.78 is 11.8. The molecular weight excluding hydrogens is 612 g/mol. The second-order valence-electron chi connectivity index (χ2n) is 13.5. The Morgan fingerprint density at radius 1 is 0.804 bits per heavy atom. The summed E-state index contributed by atoms with van der Waals surface area (Å²) in [7, 11) is 0. The molecule has 0 saturated heterocycles. The van der Waals surface area contributed by atoms with Gasteiger partial charge in [-0.3, -0.25) is 33.7 Å². The fraction of sp³-hybridized carbons (Fsp3) is 0.758. The first kappa shape index (κ1) is 41.3. The van der Waals surface area contributed by atoms with Crippen molar-refractivity contribution < 1.29 is 38.2 Å². The topological polar surface area (TPSA) is 160 Å². The molecule has 46 heavy (non-hydrogen) atoms. The number of amides is 5. The van der Waals surface area contributed by atoms with E-state index >= 15 is 0 Å². The second-order valence-corrected chi connectivity index (χ2v) is 14.7. The van der Waals surface area contributed by atoms with Crippen molar-refractivity contribution in [1.29, 1.82) is 0 Å². The minimum atomic E-state index is -0.670. The van der Waals surface area contributed by atoms with Crippen LogP contribution < -0.4 is 16.0 Å². The van der Waals surface area contributed by atoms with Crippen LogP contribution in [0.3, 0.4) is 0 Å². The number of hydrogen-bond donors (Lipinski definition) is 3. The Morgan fingerprint density at radius 3 is 2.13 bits per heavy atom. The Hall–Kier alpha value is -2.77. The van der Waals surface area contributed by atoms with Crippen molar-refractivity contribution >= 4 is 47.1 Å². The van der Waals surface area contributed by atoms with Gasteiger partial charge in [-0.1, -0.05) is 13.8 Å². The third kappa shape index (κ3) is 18.4. The molecule has 0 atom stereocenters. The van der Waals surface area contributed by atoms with Crippen molar-refractivity contribution in [3.63, 3.8) is 0 Å². The van der Waals surface area contributed by atoms with E-state index in [0.29, 0.717) is 58.6 Å². The molecule has 0 spiro atoms. The van der Waals surface area contributed by atoms with E-state index in [2.05, 4.69) is 16.0 Å². The van der Waals surface area contributed by atoms with E-state index in [1.165, 1.54) is 12.2 Å². The van der Waals surface area contributed by atoms with Gasteiger partial charge in [-0.25, -0.2) is 0 Å². The minimum absolute atomic E-state index is 0.0346. The number of carbonyl (C=O) groups is 6. The maximum absolute atomic E-state index is 12.8. The maximum atomic E-state index is 12.8. The number of imide groups is 1. The van der Waals surface area contributed by atoms with Crippen molar-refractivity contribution in [3.8, 4) is 0 Å². The first-order valence-electron chi connectivity index (χ1n) is 16.1. The predicted octanol–water partition coefficient (Wildman–Crippen LogP) is 2.93. The zero-order valence-electron chi connectivity index (χ0n) is 28.9. The first-order valence-corrected chi connectivity index (χ1v) is 17.3. The van der Waals surface area contributed by atoms with E-state index in [9.17, 15) is 28.8 Å². The van der Waals surface area contributed by atoms with Gasteiger partial charge in [0.15, 0.2) is 0 Å². The maximum Gasteiger partial charge on any atom is 0.253 e. The molecule has 0 aromatic heterocycles. The molecule has 1 rings (SSSR count). The van der Waals surface area contributed by atoms with Gasteiger partial charge in [-0.15, -0.1) is 0 Å². The highest BCUT2D eigenvalue weighted by Crippen LogP contribution is 2.23. The summed E-state index contributed by atoms with van der Waals surface area (Å²) >= 11 is 1.74. The summed E-state index contributed by atoms with van der Waals surface area (Å²) in [6.45, 7) is 15.1. The monoisotopic (exact) mass is 668 g/mol. The van der Waals surface area contributed by atoms with Gasteiger partial charge < -0.3 is 25.4 Å². The van der Waals surface area contributed by atoms with Gasteiger partial charge in [0.25, 0.3) is 11.8 Å². The number of rotatable bonds is 25. The number of hydrogen-bond acceptors (Lipinski definition) is 9. The Balaban J connectivity index is 2.19. The van der Waals surface area contributed by atoms with Gasteiger partial charge in [0.1, 0.15) is 5.78 Å². The van der Waals surface area contributed by atoms with Crippen molar-refractivity contribution in [2.75, 3.05) is 51.0 Å². The van der Waals surface area contributed by atoms with Crippen LogP contribution in [-0.4, -0.2) is 102 Å². The number of ketones is 1. The Bertz CT molecular complexity index is 1060. The van der Waals surface area contributed by atoms with Crippen LogP contribution in [0.4, 0.5) is 0 Å². The molecule has 1 aliphatic heterocycles. The van der Waals surface area contributed by atoms with Crippen LogP contribution in [0.2, 0.25) is 0 Å². The lowest BCUT2D eigenvalue weighted by Gasteiger charge is -2.29. The van der Waals surface area contributed by atoms with Crippen molar-refractivity contribution in [2.24, 2.45) is 5.41 Å². The normalized spacial score (nSPS) is 13.7. The molecule has 0 unspecified atom stereocenters. The molecule has 1 aliphatic rings. The van der Waals surface area contributed by atoms with Crippen molar-refractivity contribution in [2.45, 2.75) is 105 Å². The SMILES string of the molecule is CC(=O)CCSCCCOCC(C)(C)NC(=O)CCCNC(=O)C(C)(C)CCOC(C)(C)CCNC(=O)CCN1C(=O)C=CC1=O. The van der Waals surface area contributed by atoms with E-state index < -0.39 is 28.4 Å². The lowest BCUT2D eigenvalue weighted by Crippen LogP contribution is -2.47. The quantitative estimate of drug-likeness (QED) is 0.0982. The van der Waals surface area contributed by atoms with Gasteiger partial charge in [0, 0.05) is 75.4 Å². The van der Waals surface area contributed by atoms with Gasteiger partial charge in [0.2, 0.25) is 17.7 Å². The summed E-state index contributed by atoms with van der Waals surface area (Å²) in [5.74, 6) is 0.703. The van der Waals surface area contributed by atoms with Gasteiger partial charge in [0.05, 0.1) is 17.7 Å². The molecule has 0 aromatic rings. The summed E-state index contributed by atoms with van der Waals surface area (Å²) in [5.41, 5.74) is -1.71. The van der Waals surface area contributed by atoms with Gasteiger partial charge in [-0.2, -0.15) is 11.8 Å². The van der Waals surface area contributed by atoms with E-state index in [4.69, 9.17) is 9.47 Å². The molecule has 13 heteroatoms. The number of Topliss-reactive ketones (excluding diaryl/α,β-unsaturated/α-hetero) is 1. The van der Waals surface area contributed by atoms with Crippen LogP contribution in [-0.2, 0) is 38.2 Å². The molecule has 262 valence electrons. The number of thioether (sulfide) groups is 1. The zero-order chi connectivity index (χ0) is 34.8. The fourth-order valence-electron chi connectivity index (χ4n) is 4.30. The molecule has 1 heterocycles. The summed E-state index contributed by atoms with van der Waals surface area (Å²) in [6.07, 6.45) is 5.74. The standard InChI is InChI=1S/C33H56N4O8S/c1-25(38)14-23-46-22-9-20-44-24-32(4,5)36-27(40)10-8-17-35-30(43)31(2,3)16-21-45-33(6,7)15-18-34-26(39)13-19-37-28(41)11-12-29(37)42/h11-12H,8-10,13-24H2,1-7H3,(H,34,39)(H,35,43)(H,36,40). The molecule has 5 amide bonds. The third-order valence-corrected chi connectivity index (χ3v) is 8.40. The average Bonchev–Trinajstić information content (AvgIpc) is 3.26. The van der Waals surface area contributed by atoms with Gasteiger partial charge >= 0.3 is 0 Å². The minimum Gasteiger partial charge on any atom is -0.379 e. The van der Waals surface area contributed by atoms with E-state index in [1.54, 1.807) is 18.7 Å². The molecule has 12 nitrogen and oxygen atoms in total. The largest absolute Gasteiger partial charge is 0.379 e. The summed E-state index contributed by atoms with van der Waals surface area (Å²) in [6, 6.07) is 0. The highest BCUT2D eigenvalue weighted by atomic mass is 32.2. The highest BCUT2D eigenvalue weighted by Gasteiger charge is 2.29. The lowest BCUT2D eigenvalue weighted by atomic mass is 9.88. The van der Waals surface area contributed by atoms with Crippen LogP contribution in [0, 0.1) is 5.41 Å². The van der Waals surface area contributed by atoms with Crippen molar-refractivity contribution in [3.05, 3.63) is 12.2 Å². The molecule has 0 aliphatic carbocycles. The van der Waals surface area contributed by atoms with Crippen LogP contribution in [0.5, 0.6) is 0 Å². The summed E-state index contributed by atoms with van der Waals surface area (Å²) in [4.78, 5) is 72.5. The molecule has 0 bridgehead atoms. The number of nitrogens with one attached hydrogen (secondary N) is 3. The lowest BCUT2D eigenvalue weighted by molar-refractivity contribution is -0.137. The molecule has 0 fully saturated rings. The molecule has 3 N–H and O–H groups in total. The van der Waals surface area contributed by atoms with E-state index in [-0.39, 0.29) is 42.9 Å². The Labute approximate surface area is 278 Å². The van der Waals surface area contributed by atoms with E-state index in [1.807, 2.05) is 41.5 Å². The van der Waals surface area contributed by atoms with Crippen LogP contribution in [0.25, 0.3) is 0 Å². The van der Waals surface area contributed by atoms with E-state index in [0.717, 1.165) is 22.8 Å². The molecule has 0 saturated carbocycles. The van der Waals surface area contributed by atoms with Crippen LogP contribution >= 0.6 is 11.8 Å². The fourth-order valence-corrected chi connectivity index (χ4v) is 5.26. The number of ether oxygens (including phenoxy) is 2. The first-order chi connectivity index (χ1) is 21.4. The average molecular weight is 669 g/mol. The number of carbonyl (C=O) groups excluding carboxylic acids is 6. The van der Waals surface area contributed by atoms with Crippen molar-refractivity contribution in [1.82, 2.24) is 20.9 Å². The Kier molecular flexibility index (Phi) is 18.4. The molecule has 0 radical (unpaired) electrons. The summed E-state index contributed by atoms with van der Waals surface area (Å²) in [5, 5.41) is 8.71. The highest BCUT2D eigenvalue weighted by molar-refractivity contribution is 7.99. The third-order valence-electron chi connectivity index (χ3n) is 7.33. The smallest absolute Gasteiger partial charge is 0.253 e. The van der Waals surface area contributed by atoms with Crippen LogP contribution in [0.1, 0.15) is 93.4 Å².